The Balaban J connectivity index is 1.27. The van der Waals surface area contributed by atoms with Crippen LogP contribution in [-0.2, 0) is 54.7 Å². The van der Waals surface area contributed by atoms with Crippen molar-refractivity contribution >= 4 is 30.0 Å². The van der Waals surface area contributed by atoms with E-state index in [0.29, 0.717) is 30.5 Å². The van der Waals surface area contributed by atoms with E-state index in [9.17, 15) is 29.1 Å². The van der Waals surface area contributed by atoms with E-state index in [1.54, 1.807) is 84.0 Å². The number of carbonyl (C=O) groups excluding carboxylic acids is 5. The largest absolute Gasteiger partial charge is 0.514 e. The maximum absolute atomic E-state index is 13.7. The average Bonchev–Trinajstić information content (AvgIpc) is 3.42. The zero-order valence-corrected chi connectivity index (χ0v) is 31.8. The summed E-state index contributed by atoms with van der Waals surface area (Å²) in [6.45, 7) is 11.8. The molecule has 14 heteroatoms. The standard InChI is InChI=1S/C40H47NO13/c1-22(42)48-27(34(44)52-31(23-12-10-9-11-13-23)35(45)53-37(2,3)4)21-29(43)49-26-16-17-40(47)28-20-24-14-15-25(50-36(46)54-38(5,6)7)32-30(24)39(40,33(26)51-32)18-19-41(28)8/h9-16,27-28,31,33,47H,17-21H2,1-8H3/t27?,28-,31+,33+,39+,40-/m1/s1. The zero-order chi connectivity index (χ0) is 39.4. The molecule has 2 aliphatic heterocycles. The second kappa shape index (κ2) is 14.0. The van der Waals surface area contributed by atoms with E-state index >= 15 is 0 Å². The van der Waals surface area contributed by atoms with Crippen LogP contribution in [0.25, 0.3) is 0 Å². The lowest BCUT2D eigenvalue weighted by Crippen LogP contribution is -2.74. The number of carbonyl (C=O) groups is 5. The highest BCUT2D eigenvalue weighted by Crippen LogP contribution is 2.65. The molecule has 2 aromatic carbocycles. The third-order valence-corrected chi connectivity index (χ3v) is 10.0. The fourth-order valence-electron chi connectivity index (χ4n) is 7.99. The molecule has 1 N–H and O–H groups in total. The highest BCUT2D eigenvalue weighted by molar-refractivity contribution is 5.87. The molecule has 1 fully saturated rings. The number of rotatable bonds is 9. The highest BCUT2D eigenvalue weighted by Gasteiger charge is 2.72. The molecule has 6 rings (SSSR count). The van der Waals surface area contributed by atoms with Gasteiger partial charge in [0.05, 0.1) is 17.4 Å². The molecule has 0 radical (unpaired) electrons. The first-order chi connectivity index (χ1) is 25.2. The second-order valence-electron chi connectivity index (χ2n) is 16.2. The Kier molecular flexibility index (Phi) is 10.1. The number of hydrogen-bond acceptors (Lipinski definition) is 14. The molecule has 1 unspecified atom stereocenters. The van der Waals surface area contributed by atoms with E-state index in [-0.39, 0.29) is 29.7 Å². The van der Waals surface area contributed by atoms with Crippen LogP contribution in [0.5, 0.6) is 11.5 Å². The van der Waals surface area contributed by atoms with Crippen LogP contribution in [0.2, 0.25) is 0 Å². The first-order valence-corrected chi connectivity index (χ1v) is 17.9. The predicted octanol–water partition coefficient (Wildman–Crippen LogP) is 4.77. The van der Waals surface area contributed by atoms with Crippen LogP contribution in [0.3, 0.4) is 0 Å². The van der Waals surface area contributed by atoms with Crippen molar-refractivity contribution in [3.63, 3.8) is 0 Å². The number of ether oxygens (including phenoxy) is 7. The lowest BCUT2D eigenvalue weighted by atomic mass is 9.50. The van der Waals surface area contributed by atoms with Crippen molar-refractivity contribution in [2.45, 2.75) is 121 Å². The van der Waals surface area contributed by atoms with Crippen molar-refractivity contribution < 1.29 is 62.2 Å². The summed E-state index contributed by atoms with van der Waals surface area (Å²) in [5, 5.41) is 12.6. The quantitative estimate of drug-likeness (QED) is 0.211. The number of esters is 4. The molecule has 54 heavy (non-hydrogen) atoms. The van der Waals surface area contributed by atoms with Gasteiger partial charge in [0.2, 0.25) is 12.2 Å². The van der Waals surface area contributed by atoms with Gasteiger partial charge in [0.1, 0.15) is 17.0 Å². The summed E-state index contributed by atoms with van der Waals surface area (Å²) in [7, 11) is 1.95. The summed E-state index contributed by atoms with van der Waals surface area (Å²) in [6.07, 6.45) is -3.43. The van der Waals surface area contributed by atoms with Crippen molar-refractivity contribution in [3.8, 4) is 11.5 Å². The molecule has 0 aromatic heterocycles. The lowest BCUT2D eigenvalue weighted by Gasteiger charge is -2.61. The minimum absolute atomic E-state index is 0.0751. The topological polar surface area (TPSA) is 173 Å². The van der Waals surface area contributed by atoms with Gasteiger partial charge in [-0.25, -0.2) is 14.4 Å². The summed E-state index contributed by atoms with van der Waals surface area (Å²) in [5.74, 6) is -3.47. The molecular weight excluding hydrogens is 702 g/mol. The Morgan fingerprint density at radius 1 is 0.926 bits per heavy atom. The maximum atomic E-state index is 13.7. The number of piperidine rings is 1. The lowest BCUT2D eigenvalue weighted by molar-refractivity contribution is -0.185. The predicted molar refractivity (Wildman–Crippen MR) is 189 cm³/mol. The number of aliphatic hydroxyl groups is 1. The first kappa shape index (κ1) is 38.8. The van der Waals surface area contributed by atoms with Gasteiger partial charge in [-0.1, -0.05) is 36.4 Å². The molecule has 2 heterocycles. The summed E-state index contributed by atoms with van der Waals surface area (Å²) in [5.41, 5.74) is -2.28. The van der Waals surface area contributed by atoms with Crippen LogP contribution in [0, 0.1) is 0 Å². The molecule has 4 aliphatic rings. The van der Waals surface area contributed by atoms with E-state index in [0.717, 1.165) is 12.5 Å². The molecule has 0 saturated carbocycles. The zero-order valence-electron chi connectivity index (χ0n) is 31.8. The molecule has 2 aliphatic carbocycles. The summed E-state index contributed by atoms with van der Waals surface area (Å²) in [6, 6.07) is 11.3. The van der Waals surface area contributed by atoms with Crippen LogP contribution in [0.1, 0.15) is 90.5 Å². The second-order valence-corrected chi connectivity index (χ2v) is 16.2. The van der Waals surface area contributed by atoms with Crippen molar-refractivity contribution in [3.05, 3.63) is 71.0 Å². The Morgan fingerprint density at radius 3 is 2.26 bits per heavy atom. The summed E-state index contributed by atoms with van der Waals surface area (Å²) < 4.78 is 39.8. The smallest absolute Gasteiger partial charge is 0.477 e. The highest BCUT2D eigenvalue weighted by atomic mass is 16.7. The number of hydrogen-bond donors (Lipinski definition) is 1. The fourth-order valence-corrected chi connectivity index (χ4v) is 7.99. The molecule has 14 nitrogen and oxygen atoms in total. The molecule has 0 amide bonds. The third kappa shape index (κ3) is 7.28. The van der Waals surface area contributed by atoms with Crippen molar-refractivity contribution in [2.75, 3.05) is 13.6 Å². The van der Waals surface area contributed by atoms with Gasteiger partial charge in [0.25, 0.3) is 0 Å². The Hall–Kier alpha value is -4.95. The van der Waals surface area contributed by atoms with Gasteiger partial charge in [-0.2, -0.15) is 0 Å². The molecule has 290 valence electrons. The van der Waals surface area contributed by atoms with Gasteiger partial charge in [-0.05, 0) is 85.7 Å². The van der Waals surface area contributed by atoms with Crippen molar-refractivity contribution in [1.29, 1.82) is 0 Å². The Labute approximate surface area is 313 Å². The monoisotopic (exact) mass is 749 g/mol. The van der Waals surface area contributed by atoms with Crippen LogP contribution in [-0.4, -0.2) is 88.7 Å². The van der Waals surface area contributed by atoms with Gasteiger partial charge >= 0.3 is 30.0 Å². The van der Waals surface area contributed by atoms with E-state index < -0.39 is 77.0 Å². The van der Waals surface area contributed by atoms with Gasteiger partial charge < -0.3 is 43.2 Å². The number of likely N-dealkylation sites (N-methyl/N-ethyl adjacent to an activating group) is 1. The average molecular weight is 750 g/mol. The van der Waals surface area contributed by atoms with Gasteiger partial charge in [-0.15, -0.1) is 0 Å². The van der Waals surface area contributed by atoms with Crippen molar-refractivity contribution in [1.82, 2.24) is 4.90 Å². The number of likely N-dealkylation sites (tertiary alicyclic amines) is 1. The molecule has 6 atom stereocenters. The molecular formula is C40H47NO13. The Bertz CT molecular complexity index is 1880. The fraction of sp³-hybridized carbons (Fsp3) is 0.525. The van der Waals surface area contributed by atoms with E-state index in [1.165, 1.54) is 0 Å². The molecule has 2 bridgehead atoms. The summed E-state index contributed by atoms with van der Waals surface area (Å²) >= 11 is 0. The van der Waals surface area contributed by atoms with Crippen LogP contribution >= 0.6 is 0 Å². The van der Waals surface area contributed by atoms with E-state index in [2.05, 4.69) is 4.90 Å². The third-order valence-electron chi connectivity index (χ3n) is 10.0. The van der Waals surface area contributed by atoms with E-state index in [4.69, 9.17) is 33.2 Å². The van der Waals surface area contributed by atoms with Crippen molar-refractivity contribution in [2.24, 2.45) is 0 Å². The SMILES string of the molecule is CC(=O)OC(CC(=O)OC1=CC[C@@]2(O)[C@H]3Cc4ccc(OC(=O)OC(C)(C)C)c5c4[C@@]2(CCN3C)[C@H]1O5)C(=O)O[C@H](C(=O)OC(C)(C)C)c1ccccc1. The molecule has 1 spiro atoms. The maximum Gasteiger partial charge on any atom is 0.514 e. The normalized spacial score (nSPS) is 25.1. The first-order valence-electron chi connectivity index (χ1n) is 17.9. The van der Waals surface area contributed by atoms with Crippen LogP contribution < -0.4 is 9.47 Å². The Morgan fingerprint density at radius 2 is 1.61 bits per heavy atom. The molecule has 2 aromatic rings. The van der Waals surface area contributed by atoms with Gasteiger partial charge in [0.15, 0.2) is 17.6 Å². The van der Waals surface area contributed by atoms with Crippen LogP contribution in [0.15, 0.2) is 54.3 Å². The number of benzene rings is 2. The minimum atomic E-state index is -1.78. The number of nitrogens with zero attached hydrogens (tertiary/aromatic N) is 1. The van der Waals surface area contributed by atoms with Gasteiger partial charge in [0, 0.05) is 30.5 Å². The summed E-state index contributed by atoms with van der Waals surface area (Å²) in [4.78, 5) is 67.5. The van der Waals surface area contributed by atoms with E-state index in [1.807, 2.05) is 13.1 Å². The minimum Gasteiger partial charge on any atom is -0.477 e. The van der Waals surface area contributed by atoms with Crippen LogP contribution in [0.4, 0.5) is 4.79 Å². The van der Waals surface area contributed by atoms with Gasteiger partial charge in [-0.3, -0.25) is 9.59 Å². The molecule has 1 saturated heterocycles.